The summed E-state index contributed by atoms with van der Waals surface area (Å²) in [5.41, 5.74) is 2.19. The van der Waals surface area contributed by atoms with Gasteiger partial charge in [-0.15, -0.1) is 0 Å². The number of benzene rings is 2. The summed E-state index contributed by atoms with van der Waals surface area (Å²) in [5.74, 6) is 0.264. The Labute approximate surface area is 139 Å². The molecule has 0 bridgehead atoms. The second kappa shape index (κ2) is 6.09. The molecule has 5 nitrogen and oxygen atoms in total. The number of aliphatic hydroxyl groups is 1. The van der Waals surface area contributed by atoms with Gasteiger partial charge in [-0.25, -0.2) is 0 Å². The van der Waals surface area contributed by atoms with E-state index in [1.807, 2.05) is 42.5 Å². The maximum atomic E-state index is 12.1. The summed E-state index contributed by atoms with van der Waals surface area (Å²) in [4.78, 5) is 12.1. The lowest BCUT2D eigenvalue weighted by Crippen LogP contribution is -2.28. The summed E-state index contributed by atoms with van der Waals surface area (Å²) in [6, 6.07) is 15.6. The monoisotopic (exact) mass is 321 g/mol. The molecule has 122 valence electrons. The average molecular weight is 321 g/mol. The molecule has 2 aromatic carbocycles. The molecule has 4 rings (SSSR count). The van der Waals surface area contributed by atoms with Crippen LogP contribution in [0.1, 0.15) is 46.6 Å². The van der Waals surface area contributed by atoms with Gasteiger partial charge in [0.25, 0.3) is 5.91 Å². The van der Waals surface area contributed by atoms with E-state index in [0.717, 1.165) is 34.9 Å². The fourth-order valence-electron chi connectivity index (χ4n) is 2.87. The number of carbonyl (C=O) groups is 1. The van der Waals surface area contributed by atoms with Gasteiger partial charge in [0.1, 0.15) is 5.69 Å². The van der Waals surface area contributed by atoms with E-state index in [9.17, 15) is 9.90 Å². The van der Waals surface area contributed by atoms with Crippen molar-refractivity contribution in [2.24, 2.45) is 0 Å². The fourth-order valence-corrected chi connectivity index (χ4v) is 2.87. The number of aliphatic hydroxyl groups excluding tert-OH is 1. The highest BCUT2D eigenvalue weighted by Crippen LogP contribution is 2.38. The minimum atomic E-state index is -0.750. The third kappa shape index (κ3) is 3.03. The number of rotatable bonds is 5. The van der Waals surface area contributed by atoms with Gasteiger partial charge in [-0.2, -0.15) is 5.10 Å². The highest BCUT2D eigenvalue weighted by Gasteiger charge is 2.26. The number of hydrogen-bond donors (Lipinski definition) is 3. The molecule has 3 N–H and O–H groups in total. The summed E-state index contributed by atoms with van der Waals surface area (Å²) in [5, 5.41) is 22.2. The molecule has 1 fully saturated rings. The first-order valence-corrected chi connectivity index (χ1v) is 8.21. The van der Waals surface area contributed by atoms with Gasteiger partial charge in [0.05, 0.1) is 6.10 Å². The number of aromatic amines is 1. The quantitative estimate of drug-likeness (QED) is 0.676. The van der Waals surface area contributed by atoms with Gasteiger partial charge in [-0.05, 0) is 41.3 Å². The number of hydrogen-bond acceptors (Lipinski definition) is 3. The highest BCUT2D eigenvalue weighted by molar-refractivity contribution is 5.92. The van der Waals surface area contributed by atoms with Crippen LogP contribution >= 0.6 is 0 Å². The second-order valence-corrected chi connectivity index (χ2v) is 6.32. The standard InChI is InChI=1S/C19H19N3O2/c23-18(15-8-5-12-3-1-2-4-14(12)9-15)11-20-19(24)17-10-16(21-22-17)13-6-7-13/h1-5,8-10,13,18,23H,6-7,11H2,(H,20,24)(H,21,22). The molecule has 0 saturated heterocycles. The molecule has 0 aliphatic heterocycles. The Hall–Kier alpha value is -2.66. The smallest absolute Gasteiger partial charge is 0.271 e. The van der Waals surface area contributed by atoms with E-state index >= 15 is 0 Å². The zero-order chi connectivity index (χ0) is 16.5. The first-order valence-electron chi connectivity index (χ1n) is 8.21. The molecular formula is C19H19N3O2. The van der Waals surface area contributed by atoms with Crippen molar-refractivity contribution in [3.8, 4) is 0 Å². The summed E-state index contributed by atoms with van der Waals surface area (Å²) in [6.07, 6.45) is 1.56. The highest BCUT2D eigenvalue weighted by atomic mass is 16.3. The van der Waals surface area contributed by atoms with Crippen molar-refractivity contribution in [3.05, 3.63) is 65.5 Å². The number of fused-ring (bicyclic) bond motifs is 1. The lowest BCUT2D eigenvalue weighted by atomic mass is 10.0. The van der Waals surface area contributed by atoms with Crippen LogP contribution < -0.4 is 5.32 Å². The Morgan fingerprint density at radius 1 is 1.21 bits per heavy atom. The van der Waals surface area contributed by atoms with Crippen LogP contribution in [0.15, 0.2) is 48.5 Å². The molecule has 5 heteroatoms. The van der Waals surface area contributed by atoms with E-state index in [4.69, 9.17) is 0 Å². The van der Waals surface area contributed by atoms with Crippen LogP contribution in [0.5, 0.6) is 0 Å². The van der Waals surface area contributed by atoms with E-state index in [0.29, 0.717) is 11.6 Å². The van der Waals surface area contributed by atoms with Crippen LogP contribution in [0.4, 0.5) is 0 Å². The van der Waals surface area contributed by atoms with Gasteiger partial charge in [0.2, 0.25) is 0 Å². The van der Waals surface area contributed by atoms with Gasteiger partial charge in [-0.3, -0.25) is 9.89 Å². The number of nitrogens with zero attached hydrogens (tertiary/aromatic N) is 1. The Kier molecular flexibility index (Phi) is 3.78. The van der Waals surface area contributed by atoms with Crippen molar-refractivity contribution in [1.82, 2.24) is 15.5 Å². The van der Waals surface area contributed by atoms with E-state index in [1.54, 1.807) is 6.07 Å². The third-order valence-electron chi connectivity index (χ3n) is 4.46. The lowest BCUT2D eigenvalue weighted by Gasteiger charge is -2.12. The normalized spacial score (nSPS) is 15.4. The predicted octanol–water partition coefficient (Wildman–Crippen LogP) is 2.90. The van der Waals surface area contributed by atoms with Crippen molar-refractivity contribution < 1.29 is 9.90 Å². The fraction of sp³-hybridized carbons (Fsp3) is 0.263. The first-order chi connectivity index (χ1) is 11.7. The van der Waals surface area contributed by atoms with Crippen molar-refractivity contribution in [1.29, 1.82) is 0 Å². The third-order valence-corrected chi connectivity index (χ3v) is 4.46. The molecule has 3 aromatic rings. The molecular weight excluding hydrogens is 302 g/mol. The maximum absolute atomic E-state index is 12.1. The molecule has 1 amide bonds. The second-order valence-electron chi connectivity index (χ2n) is 6.32. The van der Waals surface area contributed by atoms with Gasteiger partial charge in [-0.1, -0.05) is 36.4 Å². The molecule has 1 unspecified atom stereocenters. The topological polar surface area (TPSA) is 78.0 Å². The van der Waals surface area contributed by atoms with Crippen LogP contribution in [0.2, 0.25) is 0 Å². The Balaban J connectivity index is 1.40. The molecule has 1 aliphatic rings. The minimum Gasteiger partial charge on any atom is -0.387 e. The van der Waals surface area contributed by atoms with Crippen LogP contribution in [0.25, 0.3) is 10.8 Å². The van der Waals surface area contributed by atoms with Crippen molar-refractivity contribution >= 4 is 16.7 Å². The molecule has 1 aliphatic carbocycles. The number of nitrogens with one attached hydrogen (secondary N) is 2. The van der Waals surface area contributed by atoms with Crippen molar-refractivity contribution in [2.75, 3.05) is 6.54 Å². The van der Waals surface area contributed by atoms with Crippen LogP contribution in [0.3, 0.4) is 0 Å². The number of aromatic nitrogens is 2. The summed E-state index contributed by atoms with van der Waals surface area (Å²) >= 11 is 0. The molecule has 1 saturated carbocycles. The summed E-state index contributed by atoms with van der Waals surface area (Å²) in [7, 11) is 0. The van der Waals surface area contributed by atoms with Crippen molar-refractivity contribution in [2.45, 2.75) is 24.9 Å². The minimum absolute atomic E-state index is 0.156. The van der Waals surface area contributed by atoms with Gasteiger partial charge in [0, 0.05) is 18.2 Å². The lowest BCUT2D eigenvalue weighted by molar-refractivity contribution is 0.0911. The average Bonchev–Trinajstić information content (AvgIpc) is 3.35. The SMILES string of the molecule is O=C(NCC(O)c1ccc2ccccc2c1)c1cc(C2CC2)[nH]n1. The van der Waals surface area contributed by atoms with Gasteiger partial charge >= 0.3 is 0 Å². The van der Waals surface area contributed by atoms with Crippen LogP contribution in [0, 0.1) is 0 Å². The molecule has 0 spiro atoms. The number of carbonyl (C=O) groups excluding carboxylic acids is 1. The van der Waals surface area contributed by atoms with E-state index < -0.39 is 6.10 Å². The Bertz CT molecular complexity index is 883. The zero-order valence-corrected chi connectivity index (χ0v) is 13.2. The molecule has 0 radical (unpaired) electrons. The van der Waals surface area contributed by atoms with E-state index in [-0.39, 0.29) is 12.5 Å². The van der Waals surface area contributed by atoms with Gasteiger partial charge < -0.3 is 10.4 Å². The Morgan fingerprint density at radius 2 is 2.00 bits per heavy atom. The van der Waals surface area contributed by atoms with Gasteiger partial charge in [0.15, 0.2) is 0 Å². The summed E-state index contributed by atoms with van der Waals surface area (Å²) < 4.78 is 0. The molecule has 1 heterocycles. The van der Waals surface area contributed by atoms with E-state index in [2.05, 4.69) is 15.5 Å². The summed E-state index contributed by atoms with van der Waals surface area (Å²) in [6.45, 7) is 0.156. The van der Waals surface area contributed by atoms with Crippen molar-refractivity contribution in [3.63, 3.8) is 0 Å². The number of H-pyrrole nitrogens is 1. The maximum Gasteiger partial charge on any atom is 0.271 e. The zero-order valence-electron chi connectivity index (χ0n) is 13.2. The largest absolute Gasteiger partial charge is 0.387 e. The Morgan fingerprint density at radius 3 is 2.79 bits per heavy atom. The molecule has 24 heavy (non-hydrogen) atoms. The van der Waals surface area contributed by atoms with Crippen LogP contribution in [-0.2, 0) is 0 Å². The van der Waals surface area contributed by atoms with Crippen LogP contribution in [-0.4, -0.2) is 27.8 Å². The number of amides is 1. The first kappa shape index (κ1) is 14.9. The van der Waals surface area contributed by atoms with E-state index in [1.165, 1.54) is 0 Å². The predicted molar refractivity (Wildman–Crippen MR) is 91.8 cm³/mol. The molecule has 1 atom stereocenters. The molecule has 1 aromatic heterocycles.